The Hall–Kier alpha value is -2.15. The molecule has 6 nitrogen and oxygen atoms in total. The third-order valence-corrected chi connectivity index (χ3v) is 12.0. The maximum absolute atomic E-state index is 13.6. The average Bonchev–Trinajstić information content (AvgIpc) is 3.27. The molecule has 240 valence electrons. The van der Waals surface area contributed by atoms with Gasteiger partial charge in [0.15, 0.2) is 12.4 Å². The normalized spacial score (nSPS) is 34.0. The molecule has 3 fully saturated rings. The summed E-state index contributed by atoms with van der Waals surface area (Å²) in [5, 5.41) is 12.0. The second-order valence-corrected chi connectivity index (χ2v) is 14.7. The van der Waals surface area contributed by atoms with Crippen LogP contribution in [0.2, 0.25) is 0 Å². The van der Waals surface area contributed by atoms with Gasteiger partial charge in [0.1, 0.15) is 5.60 Å². The minimum atomic E-state index is -1.50. The fourth-order valence-corrected chi connectivity index (χ4v) is 9.98. The Kier molecular flexibility index (Phi) is 10.0. The number of esters is 1. The largest absolute Gasteiger partial charge is 0.458 e. The first kappa shape index (κ1) is 33.2. The van der Waals surface area contributed by atoms with Crippen LogP contribution in [-0.4, -0.2) is 59.7 Å². The van der Waals surface area contributed by atoms with E-state index in [1.807, 2.05) is 18.2 Å². The van der Waals surface area contributed by atoms with Gasteiger partial charge in [0.2, 0.25) is 5.78 Å². The fourth-order valence-electron chi connectivity index (χ4n) is 9.57. The molecule has 0 spiro atoms. The van der Waals surface area contributed by atoms with E-state index in [2.05, 4.69) is 43.9 Å². The van der Waals surface area contributed by atoms with Gasteiger partial charge < -0.3 is 14.7 Å². The van der Waals surface area contributed by atoms with Gasteiger partial charge in [0.25, 0.3) is 0 Å². The minimum absolute atomic E-state index is 0.0713. The van der Waals surface area contributed by atoms with Crippen LogP contribution in [0.15, 0.2) is 48.1 Å². The molecule has 0 aromatic heterocycles. The monoisotopic (exact) mass is 643 g/mol. The van der Waals surface area contributed by atoms with Crippen LogP contribution < -0.4 is 4.90 Å². The van der Waals surface area contributed by atoms with Crippen molar-refractivity contribution in [3.05, 3.63) is 53.6 Å². The number of aryl methyl sites for hydroxylation is 1. The van der Waals surface area contributed by atoms with Crippen molar-refractivity contribution in [1.29, 1.82) is 0 Å². The van der Waals surface area contributed by atoms with Gasteiger partial charge in [-0.1, -0.05) is 44.6 Å². The zero-order chi connectivity index (χ0) is 31.7. The van der Waals surface area contributed by atoms with Crippen molar-refractivity contribution in [2.45, 2.75) is 77.7 Å². The van der Waals surface area contributed by atoms with Crippen LogP contribution in [0, 0.1) is 34.5 Å². The second-order valence-electron chi connectivity index (χ2n) is 14.0. The summed E-state index contributed by atoms with van der Waals surface area (Å²) in [6.45, 7) is 7.66. The lowest BCUT2D eigenvalue weighted by molar-refractivity contribution is -0.173. The number of benzene rings is 1. The van der Waals surface area contributed by atoms with E-state index in [9.17, 15) is 19.5 Å². The number of halogens is 2. The molecule has 8 heteroatoms. The number of carbonyl (C=O) groups excluding carboxylic acids is 3. The lowest BCUT2D eigenvalue weighted by atomic mass is 9.44. The van der Waals surface area contributed by atoms with E-state index in [1.54, 1.807) is 6.08 Å². The van der Waals surface area contributed by atoms with Crippen LogP contribution in [0.3, 0.4) is 0 Å². The van der Waals surface area contributed by atoms with E-state index in [-0.39, 0.29) is 41.8 Å². The molecule has 1 unspecified atom stereocenters. The molecule has 0 amide bonds. The minimum Gasteiger partial charge on any atom is -0.458 e. The molecule has 0 saturated heterocycles. The Bertz CT molecular complexity index is 1300. The van der Waals surface area contributed by atoms with E-state index in [1.165, 1.54) is 5.57 Å². The molecule has 1 aromatic rings. The number of anilines is 1. The summed E-state index contributed by atoms with van der Waals surface area (Å²) in [5.74, 6) is 1.55. The van der Waals surface area contributed by atoms with Gasteiger partial charge in [-0.2, -0.15) is 0 Å². The second kappa shape index (κ2) is 13.3. The molecule has 1 aromatic carbocycles. The highest BCUT2D eigenvalue weighted by atomic mass is 35.5. The Balaban J connectivity index is 1.15. The zero-order valence-corrected chi connectivity index (χ0v) is 27.8. The number of hydrogen-bond acceptors (Lipinski definition) is 6. The summed E-state index contributed by atoms with van der Waals surface area (Å²) in [6, 6.07) is 8.20. The number of fused-ring (bicyclic) bond motifs is 5. The lowest BCUT2D eigenvalue weighted by Crippen LogP contribution is -2.60. The highest BCUT2D eigenvalue weighted by Gasteiger charge is 2.67. The standard InChI is InChI=1S/C36H47Cl2NO5/c1-24-22-35(3)30(29-12-9-26-21-28(40)13-15-34(26,2)33(24)29)14-16-36(35,43)31(41)23-44-32(42)6-4-5-25-7-10-27(11-8-25)39(19-17-37)20-18-38/h7-8,10-11,13,15,21,24,29-30,33,43H,4-6,9,12,14,16-20,22-23H2,1-3H3/t24-,29?,30-,33-,34-,35-,36-/m1/s1. The Morgan fingerprint density at radius 1 is 1.09 bits per heavy atom. The molecule has 7 atom stereocenters. The number of allylic oxidation sites excluding steroid dienone is 4. The number of alkyl halides is 2. The number of nitrogens with zero attached hydrogens (tertiary/aromatic N) is 1. The fraction of sp³-hybridized carbons (Fsp3) is 0.639. The molecule has 0 bridgehead atoms. The number of ketones is 2. The smallest absolute Gasteiger partial charge is 0.306 e. The molecule has 4 aliphatic carbocycles. The molecule has 4 aliphatic rings. The maximum Gasteiger partial charge on any atom is 0.306 e. The van der Waals surface area contributed by atoms with E-state index >= 15 is 0 Å². The van der Waals surface area contributed by atoms with Crippen LogP contribution in [-0.2, 0) is 25.5 Å². The van der Waals surface area contributed by atoms with Gasteiger partial charge in [0, 0.05) is 47.8 Å². The quantitative estimate of drug-likeness (QED) is 0.202. The number of aliphatic hydroxyl groups is 1. The van der Waals surface area contributed by atoms with Crippen molar-refractivity contribution >= 4 is 46.4 Å². The van der Waals surface area contributed by atoms with Crippen LogP contribution in [0.4, 0.5) is 5.69 Å². The first-order chi connectivity index (χ1) is 21.0. The molecular weight excluding hydrogens is 597 g/mol. The van der Waals surface area contributed by atoms with Crippen LogP contribution >= 0.6 is 23.2 Å². The Morgan fingerprint density at radius 3 is 2.48 bits per heavy atom. The number of carbonyl (C=O) groups is 3. The highest BCUT2D eigenvalue weighted by molar-refractivity contribution is 6.18. The predicted molar refractivity (Wildman–Crippen MR) is 175 cm³/mol. The van der Waals surface area contributed by atoms with Crippen molar-refractivity contribution in [1.82, 2.24) is 0 Å². The maximum atomic E-state index is 13.6. The van der Waals surface area contributed by atoms with E-state index in [4.69, 9.17) is 27.9 Å². The predicted octanol–water partition coefficient (Wildman–Crippen LogP) is 6.69. The summed E-state index contributed by atoms with van der Waals surface area (Å²) in [6.07, 6.45) is 11.0. The van der Waals surface area contributed by atoms with Crippen molar-refractivity contribution in [2.24, 2.45) is 34.5 Å². The van der Waals surface area contributed by atoms with Crippen molar-refractivity contribution < 1.29 is 24.2 Å². The Morgan fingerprint density at radius 2 is 1.80 bits per heavy atom. The molecule has 1 N–H and O–H groups in total. The van der Waals surface area contributed by atoms with E-state index < -0.39 is 17.0 Å². The third-order valence-electron chi connectivity index (χ3n) is 11.6. The SMILES string of the molecule is C[C@@H]1C[C@]2(C)[C@H](CC[C@@]2(O)C(=O)COC(=O)CCCc2ccc(N(CCCl)CCCl)cc2)C2CCC3=CC(=O)C=C[C@@]3(C)[C@@H]21. The number of Topliss-reactive ketones (excluding diaryl/α,β-unsaturated/α-hetero) is 1. The van der Waals surface area contributed by atoms with Gasteiger partial charge in [0.05, 0.1) is 0 Å². The van der Waals surface area contributed by atoms with Gasteiger partial charge in [-0.05, 0) is 98.5 Å². The van der Waals surface area contributed by atoms with E-state index in [0.717, 1.165) is 56.4 Å². The lowest BCUT2D eigenvalue weighted by Gasteiger charge is -2.60. The molecule has 3 saturated carbocycles. The van der Waals surface area contributed by atoms with Crippen molar-refractivity contribution in [3.8, 4) is 0 Å². The molecule has 44 heavy (non-hydrogen) atoms. The number of ether oxygens (including phenoxy) is 1. The summed E-state index contributed by atoms with van der Waals surface area (Å²) in [7, 11) is 0. The summed E-state index contributed by atoms with van der Waals surface area (Å²) < 4.78 is 5.45. The van der Waals surface area contributed by atoms with E-state index in [0.29, 0.717) is 36.4 Å². The molecule has 0 radical (unpaired) electrons. The summed E-state index contributed by atoms with van der Waals surface area (Å²) in [4.78, 5) is 40.5. The van der Waals surface area contributed by atoms with Gasteiger partial charge in [-0.15, -0.1) is 23.2 Å². The molecular formula is C36H47Cl2NO5. The first-order valence-corrected chi connectivity index (χ1v) is 17.3. The van der Waals surface area contributed by atoms with Crippen molar-refractivity contribution in [3.63, 3.8) is 0 Å². The van der Waals surface area contributed by atoms with Gasteiger partial charge >= 0.3 is 5.97 Å². The third kappa shape index (κ3) is 6.03. The summed E-state index contributed by atoms with van der Waals surface area (Å²) >= 11 is 11.8. The molecule has 0 heterocycles. The van der Waals surface area contributed by atoms with Crippen LogP contribution in [0.25, 0.3) is 0 Å². The summed E-state index contributed by atoms with van der Waals surface area (Å²) in [5.41, 5.74) is 1.18. The molecule has 5 rings (SSSR count). The van der Waals surface area contributed by atoms with Gasteiger partial charge in [-0.25, -0.2) is 0 Å². The first-order valence-electron chi connectivity index (χ1n) is 16.3. The number of rotatable bonds is 12. The zero-order valence-electron chi connectivity index (χ0n) is 26.3. The van der Waals surface area contributed by atoms with Gasteiger partial charge in [-0.3, -0.25) is 14.4 Å². The van der Waals surface area contributed by atoms with Crippen LogP contribution in [0.5, 0.6) is 0 Å². The van der Waals surface area contributed by atoms with Crippen LogP contribution in [0.1, 0.15) is 71.3 Å². The highest BCUT2D eigenvalue weighted by Crippen LogP contribution is 2.68. The Labute approximate surface area is 272 Å². The average molecular weight is 645 g/mol. The molecule has 0 aliphatic heterocycles. The number of hydrogen-bond donors (Lipinski definition) is 1. The van der Waals surface area contributed by atoms with Crippen molar-refractivity contribution in [2.75, 3.05) is 36.4 Å². The topological polar surface area (TPSA) is 83.9 Å².